The monoisotopic (exact) mass is 377 g/mol. The number of ether oxygens (including phenoxy) is 1. The number of methoxy groups -OCH3 is 1. The molecule has 4 heterocycles. The van der Waals surface area contributed by atoms with Gasteiger partial charge in [0.2, 0.25) is 11.9 Å². The highest BCUT2D eigenvalue weighted by Gasteiger charge is 2.36. The van der Waals surface area contributed by atoms with Crippen molar-refractivity contribution in [3.63, 3.8) is 0 Å². The summed E-state index contributed by atoms with van der Waals surface area (Å²) in [5.41, 5.74) is 2.99. The van der Waals surface area contributed by atoms with Gasteiger partial charge < -0.3 is 10.1 Å². The van der Waals surface area contributed by atoms with Gasteiger partial charge in [-0.3, -0.25) is 19.4 Å². The maximum Gasteiger partial charge on any atom is 0.216 e. The smallest absolute Gasteiger partial charge is 0.216 e. The lowest BCUT2D eigenvalue weighted by Crippen LogP contribution is -2.57. The second kappa shape index (κ2) is 7.21. The lowest BCUT2D eigenvalue weighted by Gasteiger charge is -2.41. The maximum absolute atomic E-state index is 5.19. The van der Waals surface area contributed by atoms with E-state index < -0.39 is 0 Å². The number of anilines is 1. The van der Waals surface area contributed by atoms with Gasteiger partial charge in [-0.25, -0.2) is 9.98 Å². The highest BCUT2D eigenvalue weighted by atomic mass is 16.5. The number of hydrogen-bond donors (Lipinski definition) is 1. The van der Waals surface area contributed by atoms with Crippen molar-refractivity contribution in [2.45, 2.75) is 12.6 Å². The molecular weight excluding hydrogens is 354 g/mol. The van der Waals surface area contributed by atoms with Crippen LogP contribution in [0.3, 0.4) is 0 Å². The molecule has 0 saturated heterocycles. The molecule has 3 aromatic rings. The van der Waals surface area contributed by atoms with Gasteiger partial charge in [-0.15, -0.1) is 0 Å². The van der Waals surface area contributed by atoms with Gasteiger partial charge in [0.25, 0.3) is 0 Å². The number of para-hydroxylation sites is 2. The topological polar surface area (TPSA) is 70.8 Å². The predicted molar refractivity (Wildman–Crippen MR) is 108 cm³/mol. The summed E-state index contributed by atoms with van der Waals surface area (Å²) in [6.07, 6.45) is 2.66. The molecule has 5 rings (SSSR count). The van der Waals surface area contributed by atoms with Gasteiger partial charge in [-0.2, -0.15) is 0 Å². The molecule has 8 nitrogen and oxygen atoms in total. The molecule has 0 bridgehead atoms. The third kappa shape index (κ3) is 2.90. The Labute approximate surface area is 163 Å². The van der Waals surface area contributed by atoms with Gasteiger partial charge in [0.15, 0.2) is 6.17 Å². The quantitative estimate of drug-likeness (QED) is 0.686. The zero-order valence-corrected chi connectivity index (χ0v) is 15.8. The number of imidazole rings is 1. The second-order valence-electron chi connectivity index (χ2n) is 7.01. The molecule has 0 unspecified atom stereocenters. The fraction of sp³-hybridized carbons (Fsp3) is 0.350. The Morgan fingerprint density at radius 1 is 1.18 bits per heavy atom. The summed E-state index contributed by atoms with van der Waals surface area (Å²) >= 11 is 0. The van der Waals surface area contributed by atoms with Gasteiger partial charge in [0, 0.05) is 26.5 Å². The van der Waals surface area contributed by atoms with Crippen LogP contribution in [0.15, 0.2) is 53.7 Å². The molecule has 0 saturated carbocycles. The van der Waals surface area contributed by atoms with E-state index in [1.807, 2.05) is 42.6 Å². The summed E-state index contributed by atoms with van der Waals surface area (Å²) in [5, 5.41) is 3.58. The van der Waals surface area contributed by atoms with Crippen molar-refractivity contribution in [3.05, 3.63) is 54.4 Å². The molecule has 1 N–H and O–H groups in total. The molecule has 0 radical (unpaired) electrons. The fourth-order valence-corrected chi connectivity index (χ4v) is 3.83. The van der Waals surface area contributed by atoms with Crippen molar-refractivity contribution in [2.75, 3.05) is 38.5 Å². The molecule has 0 spiro atoms. The molecule has 144 valence electrons. The van der Waals surface area contributed by atoms with Crippen molar-refractivity contribution in [1.82, 2.24) is 24.8 Å². The molecule has 8 heteroatoms. The van der Waals surface area contributed by atoms with Crippen LogP contribution in [0.4, 0.5) is 5.95 Å². The largest absolute Gasteiger partial charge is 0.385 e. The van der Waals surface area contributed by atoms with Crippen molar-refractivity contribution < 1.29 is 4.74 Å². The first-order valence-electron chi connectivity index (χ1n) is 9.53. The molecule has 0 aliphatic carbocycles. The Kier molecular flexibility index (Phi) is 4.42. The highest BCUT2D eigenvalue weighted by molar-refractivity contribution is 5.98. The van der Waals surface area contributed by atoms with E-state index in [-0.39, 0.29) is 6.17 Å². The van der Waals surface area contributed by atoms with E-state index >= 15 is 0 Å². The first kappa shape index (κ1) is 17.2. The van der Waals surface area contributed by atoms with Crippen LogP contribution >= 0.6 is 0 Å². The molecule has 2 aliphatic rings. The van der Waals surface area contributed by atoms with Crippen LogP contribution in [0.25, 0.3) is 11.0 Å². The summed E-state index contributed by atoms with van der Waals surface area (Å²) in [6, 6.07) is 14.2. The summed E-state index contributed by atoms with van der Waals surface area (Å²) in [6.45, 7) is 3.10. The number of benzene rings is 1. The zero-order valence-electron chi connectivity index (χ0n) is 15.8. The number of hydrogen-bond acceptors (Lipinski definition) is 7. The minimum absolute atomic E-state index is 0.140. The average Bonchev–Trinajstić information content (AvgIpc) is 3.14. The number of nitrogens with one attached hydrogen (secondary N) is 1. The minimum atomic E-state index is -0.140. The van der Waals surface area contributed by atoms with Crippen LogP contribution in [-0.4, -0.2) is 59.0 Å². The van der Waals surface area contributed by atoms with E-state index in [1.54, 1.807) is 7.11 Å². The Morgan fingerprint density at radius 2 is 2.07 bits per heavy atom. The van der Waals surface area contributed by atoms with Crippen LogP contribution in [0.2, 0.25) is 0 Å². The number of aromatic nitrogens is 3. The number of nitrogens with zero attached hydrogens (tertiary/aromatic N) is 6. The van der Waals surface area contributed by atoms with Gasteiger partial charge >= 0.3 is 0 Å². The van der Waals surface area contributed by atoms with Gasteiger partial charge in [-0.05, 0) is 30.7 Å². The SMILES string of the molecule is COCCCN1CN=C2N[C@H](c3ccccn3)n3c(nc4ccccc43)N2C1. The van der Waals surface area contributed by atoms with E-state index in [2.05, 4.69) is 30.7 Å². The molecule has 0 fully saturated rings. The lowest BCUT2D eigenvalue weighted by atomic mass is 10.2. The molecule has 2 aromatic heterocycles. The van der Waals surface area contributed by atoms with Crippen molar-refractivity contribution in [3.8, 4) is 0 Å². The molecule has 28 heavy (non-hydrogen) atoms. The number of fused-ring (bicyclic) bond motifs is 5. The summed E-state index contributed by atoms with van der Waals surface area (Å²) < 4.78 is 7.40. The number of pyridine rings is 1. The number of rotatable bonds is 5. The van der Waals surface area contributed by atoms with Gasteiger partial charge in [0.05, 0.1) is 30.1 Å². The maximum atomic E-state index is 5.19. The summed E-state index contributed by atoms with van der Waals surface area (Å²) in [7, 11) is 1.74. The van der Waals surface area contributed by atoms with Crippen LogP contribution in [-0.2, 0) is 4.74 Å². The predicted octanol–water partition coefficient (Wildman–Crippen LogP) is 2.01. The Morgan fingerprint density at radius 3 is 2.93 bits per heavy atom. The van der Waals surface area contributed by atoms with Crippen LogP contribution < -0.4 is 10.2 Å². The zero-order chi connectivity index (χ0) is 18.9. The Hall–Kier alpha value is -2.97. The van der Waals surface area contributed by atoms with Gasteiger partial charge in [0.1, 0.15) is 0 Å². The summed E-state index contributed by atoms with van der Waals surface area (Å²) in [5.74, 6) is 1.74. The average molecular weight is 377 g/mol. The number of aliphatic imine (C=N–C) groups is 1. The molecule has 2 aliphatic heterocycles. The lowest BCUT2D eigenvalue weighted by molar-refractivity contribution is 0.171. The van der Waals surface area contributed by atoms with Crippen molar-refractivity contribution in [2.24, 2.45) is 4.99 Å². The molecular formula is C20H23N7O. The van der Waals surface area contributed by atoms with Crippen molar-refractivity contribution in [1.29, 1.82) is 0 Å². The van der Waals surface area contributed by atoms with Crippen LogP contribution in [0, 0.1) is 0 Å². The van der Waals surface area contributed by atoms with E-state index in [4.69, 9.17) is 14.7 Å². The summed E-state index contributed by atoms with van der Waals surface area (Å²) in [4.78, 5) is 18.8. The first-order valence-corrected chi connectivity index (χ1v) is 9.53. The Bertz CT molecular complexity index is 1000. The van der Waals surface area contributed by atoms with E-state index in [0.717, 1.165) is 54.9 Å². The van der Waals surface area contributed by atoms with E-state index in [1.165, 1.54) is 0 Å². The standard InChI is InChI=1S/C20H23N7O/c1-28-12-6-11-25-13-22-19-24-18(16-8-4-5-10-21-16)27-17-9-3-2-7-15(17)23-20(27)26(19)14-25/h2-5,7-10,18H,6,11-14H2,1H3,(H,22,24)/t18-/m0/s1. The number of guanidine groups is 1. The normalized spacial score (nSPS) is 19.1. The van der Waals surface area contributed by atoms with Crippen molar-refractivity contribution >= 4 is 22.9 Å². The van der Waals surface area contributed by atoms with Gasteiger partial charge in [-0.1, -0.05) is 18.2 Å². The fourth-order valence-electron chi connectivity index (χ4n) is 3.83. The minimum Gasteiger partial charge on any atom is -0.385 e. The molecule has 1 atom stereocenters. The third-order valence-corrected chi connectivity index (χ3v) is 5.15. The Balaban J connectivity index is 1.56. The van der Waals surface area contributed by atoms with E-state index in [0.29, 0.717) is 6.67 Å². The van der Waals surface area contributed by atoms with Crippen LogP contribution in [0.1, 0.15) is 18.3 Å². The van der Waals surface area contributed by atoms with E-state index in [9.17, 15) is 0 Å². The third-order valence-electron chi connectivity index (χ3n) is 5.15. The highest BCUT2D eigenvalue weighted by Crippen LogP contribution is 2.33. The first-order chi connectivity index (χ1) is 13.8. The molecule has 0 amide bonds. The molecule has 1 aromatic carbocycles. The van der Waals surface area contributed by atoms with Crippen LogP contribution in [0.5, 0.6) is 0 Å². The second-order valence-corrected chi connectivity index (χ2v) is 7.01.